The SMILES string of the molecule is CCN[C@H]1CO[C@@H](O[C@H]2[C@H](O[C@H]3C#C/C=C\C#C[C@]4(O)CC(=O)C(NC(=O)OC)=C3/C4=C\CSSc3c(C)cncc3C)O[C@H](C)[C@@H](NO[C@H]3C[C@H](O)[C@H](SC(=O)c4c(C)c(I)c(O[C@@H]5O[C@@H](C)[C@H](O)[C@@H](OC)[C@H]5O)c(OC)c4OC)[C@@H](C)O3)[C@H]2O)C[C@@H]1OC. The predicted molar refractivity (Wildman–Crippen MR) is 338 cm³/mol. The summed E-state index contributed by atoms with van der Waals surface area (Å²) in [5.74, 6) is 11.3. The topological polar surface area (TPSA) is 321 Å². The number of amides is 1. The molecule has 494 valence electrons. The first-order valence-electron chi connectivity index (χ1n) is 29.1. The number of hydrogen-bond acceptors (Lipinski definition) is 27. The minimum atomic E-state index is -2.11. The maximum Gasteiger partial charge on any atom is 0.411 e. The van der Waals surface area contributed by atoms with E-state index in [9.17, 15) is 39.9 Å². The molecule has 4 saturated heterocycles. The number of alkyl carbamates (subject to hydrolysis) is 1. The number of ether oxygens (including phenoxy) is 12. The number of likely N-dealkylation sites (N-methyl/N-ethyl adjacent to an activating group) is 1. The number of carbonyl (C=O) groups excluding carboxylic acids is 3. The van der Waals surface area contributed by atoms with E-state index >= 15 is 0 Å². The van der Waals surface area contributed by atoms with Gasteiger partial charge in [0.25, 0.3) is 0 Å². The zero-order valence-corrected chi connectivity index (χ0v) is 56.4. The highest BCUT2D eigenvalue weighted by Gasteiger charge is 2.52. The van der Waals surface area contributed by atoms with Crippen LogP contribution < -0.4 is 30.3 Å². The molecule has 2 aliphatic carbocycles. The summed E-state index contributed by atoms with van der Waals surface area (Å²) in [6, 6.07) is -1.30. The van der Waals surface area contributed by atoms with Gasteiger partial charge in [0.15, 0.2) is 41.8 Å². The molecular weight excluding hydrogens is 1350 g/mol. The second-order valence-electron chi connectivity index (χ2n) is 22.0. The van der Waals surface area contributed by atoms with E-state index in [4.69, 9.17) is 61.7 Å². The maximum atomic E-state index is 14.5. The minimum Gasteiger partial charge on any atom is -0.492 e. The zero-order chi connectivity index (χ0) is 65.3. The third-order valence-corrected chi connectivity index (χ3v) is 21.2. The van der Waals surface area contributed by atoms with Crippen LogP contribution in [0.3, 0.4) is 0 Å². The molecule has 0 unspecified atom stereocenters. The molecule has 1 amide bonds. The van der Waals surface area contributed by atoms with E-state index in [2.05, 4.69) is 44.8 Å². The van der Waals surface area contributed by atoms with Gasteiger partial charge in [0.1, 0.15) is 36.6 Å². The number of pyridine rings is 1. The van der Waals surface area contributed by atoms with Crippen molar-refractivity contribution in [3.63, 3.8) is 0 Å². The van der Waals surface area contributed by atoms with Gasteiger partial charge in [0.05, 0.1) is 97.0 Å². The third kappa shape index (κ3) is 16.1. The lowest BCUT2D eigenvalue weighted by atomic mass is 9.75. The number of methoxy groups -OCH3 is 5. The Hall–Kier alpha value is -4.14. The number of carbonyl (C=O) groups is 3. The Morgan fingerprint density at radius 3 is 2.23 bits per heavy atom. The number of aryl methyl sites for hydroxylation is 2. The van der Waals surface area contributed by atoms with Crippen LogP contribution in [0.15, 0.2) is 52.4 Å². The lowest BCUT2D eigenvalue weighted by molar-refractivity contribution is -0.336. The molecule has 2 bridgehead atoms. The van der Waals surface area contributed by atoms with Gasteiger partial charge in [-0.05, 0) is 99.5 Å². The molecule has 5 heterocycles. The molecule has 0 spiro atoms. The molecule has 19 atom stereocenters. The fourth-order valence-corrected chi connectivity index (χ4v) is 15.5. The quantitative estimate of drug-likeness (QED) is 0.0272. The summed E-state index contributed by atoms with van der Waals surface area (Å²) >= 11 is 2.82. The van der Waals surface area contributed by atoms with E-state index in [0.29, 0.717) is 15.7 Å². The number of allylic oxidation sites excluding steroid dienone is 3. The van der Waals surface area contributed by atoms with E-state index in [-0.39, 0.29) is 77.0 Å². The van der Waals surface area contributed by atoms with Crippen molar-refractivity contribution in [1.82, 2.24) is 21.1 Å². The van der Waals surface area contributed by atoms with E-state index in [0.717, 1.165) is 34.9 Å². The standard InChI is InChI=1S/C61H79IN4O21S3/c1-13-64-35-27-80-40(23-39(35)75-8)85-53-48(70)45(66-87-41-22-36(67)56(33(7)81-41)89-57(72)42-30(4)44(62)51(54(78-11)50(42)76-9)86-58-49(71)52(77-10)47(69)32(6)83-58)31(5)82-59(53)84-38-18-16-14-15-17-20-61(74)24-37(68)46(65-60(73)79-12)43(38)34(61)19-21-88-90-55-28(2)25-63-26-29(55)3/h14-15,19,25-26,31-33,35-36,38-41,45,47-49,52-53,56,58-59,64,66-67,69-71,74H,13,21-24,27H2,1-12H3,(H,65,73)/b15-14-,34-19+/t31-,32+,33-,35+,36+,38+,39+,40+,41+,45-,47+,48-,49-,52-,53-,56-,58+,59+,61+/m1/s1. The van der Waals surface area contributed by atoms with Gasteiger partial charge in [-0.3, -0.25) is 24.7 Å². The van der Waals surface area contributed by atoms with E-state index < -0.39 is 127 Å². The molecule has 1 aromatic carbocycles. The number of aromatic nitrogens is 1. The molecule has 90 heavy (non-hydrogen) atoms. The Balaban J connectivity index is 1.03. The van der Waals surface area contributed by atoms with Crippen LogP contribution >= 0.6 is 55.9 Å². The van der Waals surface area contributed by atoms with Gasteiger partial charge < -0.3 is 87.7 Å². The van der Waals surface area contributed by atoms with Crippen LogP contribution in [-0.4, -0.2) is 217 Å². The Bertz CT molecular complexity index is 3110. The Morgan fingerprint density at radius 1 is 0.856 bits per heavy atom. The van der Waals surface area contributed by atoms with Gasteiger partial charge in [-0.25, -0.2) is 4.79 Å². The zero-order valence-electron chi connectivity index (χ0n) is 51.8. The van der Waals surface area contributed by atoms with Crippen molar-refractivity contribution >= 4 is 72.9 Å². The number of halogens is 1. The summed E-state index contributed by atoms with van der Waals surface area (Å²) in [7, 11) is 9.74. The maximum absolute atomic E-state index is 14.5. The summed E-state index contributed by atoms with van der Waals surface area (Å²) in [6.07, 6.45) is -10.5. The number of hydroxylamine groups is 1. The second-order valence-corrected chi connectivity index (χ2v) is 26.6. The average Bonchev–Trinajstić information content (AvgIpc) is 0.960. The molecule has 0 saturated carbocycles. The number of hydrogen-bond donors (Lipinski definition) is 8. The smallest absolute Gasteiger partial charge is 0.411 e. The predicted octanol–water partition coefficient (Wildman–Crippen LogP) is 3.99. The highest BCUT2D eigenvalue weighted by molar-refractivity contribution is 14.1. The normalized spacial score (nSPS) is 34.3. The summed E-state index contributed by atoms with van der Waals surface area (Å²) in [5, 5.41) is 63.2. The van der Waals surface area contributed by atoms with Crippen LogP contribution in [0.1, 0.15) is 74.0 Å². The molecule has 8 N–H and O–H groups in total. The summed E-state index contributed by atoms with van der Waals surface area (Å²) in [4.78, 5) is 53.3. The highest BCUT2D eigenvalue weighted by Crippen LogP contribution is 2.49. The lowest BCUT2D eigenvalue weighted by Gasteiger charge is -2.46. The molecule has 4 fully saturated rings. The molecule has 2 aromatic rings. The number of nitrogens with one attached hydrogen (secondary N) is 3. The molecule has 8 rings (SSSR count). The number of benzene rings is 1. The summed E-state index contributed by atoms with van der Waals surface area (Å²) < 4.78 is 72.9. The Morgan fingerprint density at radius 2 is 1.57 bits per heavy atom. The molecule has 4 aliphatic heterocycles. The van der Waals surface area contributed by atoms with Crippen molar-refractivity contribution < 1.29 is 102 Å². The van der Waals surface area contributed by atoms with Crippen LogP contribution in [0.2, 0.25) is 0 Å². The van der Waals surface area contributed by atoms with Gasteiger partial charge >= 0.3 is 6.09 Å². The van der Waals surface area contributed by atoms with Crippen molar-refractivity contribution in [3.8, 4) is 40.9 Å². The Labute approximate surface area is 548 Å². The molecular formula is C61H79IN4O21S3. The van der Waals surface area contributed by atoms with Crippen molar-refractivity contribution in [1.29, 1.82) is 0 Å². The van der Waals surface area contributed by atoms with Gasteiger partial charge in [-0.1, -0.05) is 70.0 Å². The molecule has 29 heteroatoms. The first kappa shape index (κ1) is 71.7. The highest BCUT2D eigenvalue weighted by atomic mass is 127. The first-order chi connectivity index (χ1) is 43.0. The first-order valence-corrected chi connectivity index (χ1v) is 33.4. The lowest BCUT2D eigenvalue weighted by Crippen LogP contribution is -2.65. The van der Waals surface area contributed by atoms with Gasteiger partial charge in [0, 0.05) is 61.2 Å². The van der Waals surface area contributed by atoms with E-state index in [1.807, 2.05) is 43.4 Å². The largest absolute Gasteiger partial charge is 0.492 e. The van der Waals surface area contributed by atoms with Crippen LogP contribution in [0.5, 0.6) is 17.2 Å². The summed E-state index contributed by atoms with van der Waals surface area (Å²) in [5.41, 5.74) is 3.13. The number of thioether (sulfide) groups is 1. The number of nitrogens with zero attached hydrogens (tertiary/aromatic N) is 1. The molecule has 6 aliphatic rings. The van der Waals surface area contributed by atoms with Crippen LogP contribution in [0.25, 0.3) is 0 Å². The average molecular weight is 1430 g/mol. The van der Waals surface area contributed by atoms with Gasteiger partial charge in [-0.15, -0.1) is 0 Å². The molecule has 0 radical (unpaired) electrons. The van der Waals surface area contributed by atoms with Gasteiger partial charge in [-0.2, -0.15) is 5.48 Å². The molecule has 1 aromatic heterocycles. The van der Waals surface area contributed by atoms with Crippen LogP contribution in [-0.2, 0) is 52.3 Å². The van der Waals surface area contributed by atoms with Crippen LogP contribution in [0, 0.1) is 48.0 Å². The number of rotatable bonds is 22. The summed E-state index contributed by atoms with van der Waals surface area (Å²) in [6.45, 7) is 13.3. The molecule has 25 nitrogen and oxygen atoms in total. The van der Waals surface area contributed by atoms with Crippen LogP contribution in [0.4, 0.5) is 4.79 Å². The van der Waals surface area contributed by atoms with Gasteiger partial charge in [0.2, 0.25) is 17.2 Å². The minimum absolute atomic E-state index is 0.0234. The number of Topliss-reactive ketones (excluding diaryl/α,β-unsaturated/α-hetero) is 1. The van der Waals surface area contributed by atoms with Crippen molar-refractivity contribution in [2.45, 2.75) is 188 Å². The van der Waals surface area contributed by atoms with Crippen molar-refractivity contribution in [2.75, 3.05) is 54.5 Å². The fourth-order valence-electron chi connectivity index (χ4n) is 11.3. The number of aliphatic hydroxyl groups is 5. The Kier molecular flexibility index (Phi) is 25.8. The van der Waals surface area contributed by atoms with Crippen molar-refractivity contribution in [3.05, 3.63) is 73.3 Å². The number of fused-ring (bicyclic) bond motifs is 2. The number of aliphatic hydroxyl groups excluding tert-OH is 4. The van der Waals surface area contributed by atoms with Crippen molar-refractivity contribution in [2.24, 2.45) is 0 Å². The number of ketones is 1. The fraction of sp³-hybridized carbons (Fsp3) is 0.607. The van der Waals surface area contributed by atoms with E-state index in [1.54, 1.807) is 53.3 Å². The van der Waals surface area contributed by atoms with E-state index in [1.165, 1.54) is 55.1 Å². The second kappa shape index (κ2) is 32.3. The third-order valence-electron chi connectivity index (χ3n) is 16.0. The monoisotopic (exact) mass is 1430 g/mol.